The lowest BCUT2D eigenvalue weighted by molar-refractivity contribution is -0.123. The van der Waals surface area contributed by atoms with Crippen LogP contribution >= 0.6 is 24.0 Å². The Labute approximate surface area is 188 Å². The Morgan fingerprint density at radius 1 is 1.13 bits per heavy atom. The second kappa shape index (κ2) is 7.64. The fraction of sp³-hybridized carbons (Fsp3) is 0.545. The molecule has 3 rings (SSSR count). The molecule has 0 saturated carbocycles. The molecule has 1 atom stereocenters. The van der Waals surface area contributed by atoms with E-state index in [1.54, 1.807) is 6.08 Å². The fourth-order valence-corrected chi connectivity index (χ4v) is 6.91. The summed E-state index contributed by atoms with van der Waals surface area (Å²) in [5.74, 6) is 0.106. The van der Waals surface area contributed by atoms with Crippen LogP contribution in [0.25, 0.3) is 6.08 Å². The van der Waals surface area contributed by atoms with Crippen LogP contribution in [0, 0.1) is 0 Å². The molecule has 8 heteroatoms. The van der Waals surface area contributed by atoms with Gasteiger partial charge in [0.25, 0.3) is 5.91 Å². The van der Waals surface area contributed by atoms with Crippen LogP contribution in [-0.2, 0) is 25.5 Å². The summed E-state index contributed by atoms with van der Waals surface area (Å²) in [5.41, 5.74) is 1.91. The number of amides is 1. The number of nitrogens with zero attached hydrogens (tertiary/aromatic N) is 1. The average molecular weight is 468 g/mol. The van der Waals surface area contributed by atoms with Crippen molar-refractivity contribution >= 4 is 50.1 Å². The second-order valence-electron chi connectivity index (χ2n) is 10.1. The number of hydrogen-bond donors (Lipinski definition) is 1. The molecule has 1 aromatic carbocycles. The number of aromatic hydroxyl groups is 1. The van der Waals surface area contributed by atoms with Gasteiger partial charge in [-0.15, -0.1) is 0 Å². The molecule has 2 heterocycles. The fourth-order valence-electron chi connectivity index (χ4n) is 3.81. The Kier molecular flexibility index (Phi) is 5.93. The lowest BCUT2D eigenvalue weighted by Gasteiger charge is -2.28. The minimum atomic E-state index is -3.11. The Hall–Kier alpha value is -1.38. The normalized spacial score (nSPS) is 23.6. The molecule has 1 aromatic rings. The Balaban J connectivity index is 2.03. The molecule has 5 nitrogen and oxygen atoms in total. The number of phenols is 1. The first-order valence-corrected chi connectivity index (χ1v) is 13.0. The number of carbonyl (C=O) groups excluding carboxylic acids is 1. The largest absolute Gasteiger partial charge is 0.507 e. The van der Waals surface area contributed by atoms with Gasteiger partial charge in [0.2, 0.25) is 0 Å². The van der Waals surface area contributed by atoms with Gasteiger partial charge in [0.1, 0.15) is 10.1 Å². The number of carbonyl (C=O) groups is 1. The van der Waals surface area contributed by atoms with Crippen LogP contribution in [0.1, 0.15) is 64.7 Å². The van der Waals surface area contributed by atoms with Crippen LogP contribution in [-0.4, -0.2) is 46.2 Å². The topological polar surface area (TPSA) is 74.7 Å². The summed E-state index contributed by atoms with van der Waals surface area (Å²) in [6.07, 6.45) is 2.22. The zero-order chi connectivity index (χ0) is 22.6. The lowest BCUT2D eigenvalue weighted by Crippen LogP contribution is -2.39. The number of phenolic OH excluding ortho intramolecular Hbond substituents is 1. The number of sulfone groups is 1. The predicted molar refractivity (Wildman–Crippen MR) is 128 cm³/mol. The molecule has 0 bridgehead atoms. The van der Waals surface area contributed by atoms with Crippen molar-refractivity contribution < 1.29 is 18.3 Å². The van der Waals surface area contributed by atoms with Crippen LogP contribution < -0.4 is 0 Å². The molecular weight excluding hydrogens is 438 g/mol. The van der Waals surface area contributed by atoms with Gasteiger partial charge in [0.15, 0.2) is 9.84 Å². The second-order valence-corrected chi connectivity index (χ2v) is 14.0. The minimum absolute atomic E-state index is 0.0335. The van der Waals surface area contributed by atoms with Crippen LogP contribution in [0.3, 0.4) is 0 Å². The maximum Gasteiger partial charge on any atom is 0.266 e. The molecule has 2 aliphatic heterocycles. The highest BCUT2D eigenvalue weighted by Gasteiger charge is 2.42. The van der Waals surface area contributed by atoms with Gasteiger partial charge in [0.05, 0.1) is 22.5 Å². The molecular formula is C22H29NO4S3. The van der Waals surface area contributed by atoms with Gasteiger partial charge >= 0.3 is 0 Å². The molecule has 2 fully saturated rings. The minimum Gasteiger partial charge on any atom is -0.507 e. The number of hydrogen-bond acceptors (Lipinski definition) is 6. The highest BCUT2D eigenvalue weighted by atomic mass is 32.2. The standard InChI is InChI=1S/C22H29NO4S3/c1-21(2,3)15-9-13(10-16(18(15)24)22(4,5)6)11-17-19(25)23(20(28)29-17)14-7-8-30(26,27)12-14/h9-11,14,24H,7-8,12H2,1-6H3/b17-11-/t14-/m1/s1. The average Bonchev–Trinajstić information content (AvgIpc) is 3.05. The Bertz CT molecular complexity index is 1010. The lowest BCUT2D eigenvalue weighted by atomic mass is 9.78. The summed E-state index contributed by atoms with van der Waals surface area (Å²) in [6.45, 7) is 12.2. The summed E-state index contributed by atoms with van der Waals surface area (Å²) in [7, 11) is -3.11. The molecule has 30 heavy (non-hydrogen) atoms. The van der Waals surface area contributed by atoms with E-state index in [9.17, 15) is 18.3 Å². The van der Waals surface area contributed by atoms with Crippen molar-refractivity contribution in [3.63, 3.8) is 0 Å². The van der Waals surface area contributed by atoms with Crippen molar-refractivity contribution in [3.05, 3.63) is 33.7 Å². The van der Waals surface area contributed by atoms with E-state index >= 15 is 0 Å². The van der Waals surface area contributed by atoms with E-state index in [4.69, 9.17) is 12.2 Å². The molecule has 0 radical (unpaired) electrons. The quantitative estimate of drug-likeness (QED) is 0.514. The number of thioether (sulfide) groups is 1. The zero-order valence-electron chi connectivity index (χ0n) is 18.3. The van der Waals surface area contributed by atoms with Gasteiger partial charge in [-0.1, -0.05) is 65.5 Å². The van der Waals surface area contributed by atoms with Gasteiger partial charge in [0, 0.05) is 11.1 Å². The molecule has 0 spiro atoms. The van der Waals surface area contributed by atoms with Crippen molar-refractivity contribution in [2.24, 2.45) is 0 Å². The van der Waals surface area contributed by atoms with Crippen LogP contribution in [0.5, 0.6) is 5.75 Å². The van der Waals surface area contributed by atoms with E-state index in [-0.39, 0.29) is 40.0 Å². The van der Waals surface area contributed by atoms with Crippen molar-refractivity contribution in [3.8, 4) is 5.75 Å². The van der Waals surface area contributed by atoms with Gasteiger partial charge in [-0.25, -0.2) is 8.42 Å². The maximum atomic E-state index is 13.1. The third-order valence-electron chi connectivity index (χ3n) is 5.44. The van der Waals surface area contributed by atoms with Gasteiger partial charge in [-0.2, -0.15) is 0 Å². The third kappa shape index (κ3) is 4.60. The first kappa shape index (κ1) is 23.3. The van der Waals surface area contributed by atoms with Crippen molar-refractivity contribution in [1.82, 2.24) is 4.90 Å². The SMILES string of the molecule is CC(C)(C)c1cc(/C=C2\SC(=S)N([C@@H]3CCS(=O)(=O)C3)C2=O)cc(C(C)(C)C)c1O. The molecule has 0 unspecified atom stereocenters. The molecule has 1 N–H and O–H groups in total. The van der Waals surface area contributed by atoms with Gasteiger partial charge in [-0.05, 0) is 41.0 Å². The number of benzene rings is 1. The van der Waals surface area contributed by atoms with E-state index in [1.165, 1.54) is 16.7 Å². The van der Waals surface area contributed by atoms with Gasteiger partial charge in [-0.3, -0.25) is 9.69 Å². The third-order valence-corrected chi connectivity index (χ3v) is 8.52. The molecule has 2 aliphatic rings. The summed E-state index contributed by atoms with van der Waals surface area (Å²) >= 11 is 6.61. The highest BCUT2D eigenvalue weighted by molar-refractivity contribution is 8.26. The summed E-state index contributed by atoms with van der Waals surface area (Å²) < 4.78 is 24.1. The Morgan fingerprint density at radius 2 is 1.67 bits per heavy atom. The molecule has 164 valence electrons. The first-order valence-electron chi connectivity index (χ1n) is 9.95. The van der Waals surface area contributed by atoms with Crippen LogP contribution in [0.4, 0.5) is 0 Å². The molecule has 1 amide bonds. The molecule has 0 aromatic heterocycles. The zero-order valence-corrected chi connectivity index (χ0v) is 20.7. The van der Waals surface area contributed by atoms with E-state index < -0.39 is 9.84 Å². The van der Waals surface area contributed by atoms with Gasteiger partial charge < -0.3 is 5.11 Å². The highest BCUT2D eigenvalue weighted by Crippen LogP contribution is 2.42. The summed E-state index contributed by atoms with van der Waals surface area (Å²) in [4.78, 5) is 15.0. The van der Waals surface area contributed by atoms with Crippen molar-refractivity contribution in [1.29, 1.82) is 0 Å². The van der Waals surface area contributed by atoms with E-state index in [0.717, 1.165) is 16.7 Å². The van der Waals surface area contributed by atoms with Crippen LogP contribution in [0.15, 0.2) is 17.0 Å². The first-order chi connectivity index (χ1) is 13.6. The molecule has 0 aliphatic carbocycles. The van der Waals surface area contributed by atoms with E-state index in [2.05, 4.69) is 0 Å². The smallest absolute Gasteiger partial charge is 0.266 e. The summed E-state index contributed by atoms with van der Waals surface area (Å²) in [5, 5.41) is 10.9. The molecule has 2 saturated heterocycles. The van der Waals surface area contributed by atoms with E-state index in [1.807, 2.05) is 53.7 Å². The predicted octanol–water partition coefficient (Wildman–Crippen LogP) is 4.38. The monoisotopic (exact) mass is 467 g/mol. The Morgan fingerprint density at radius 3 is 2.10 bits per heavy atom. The van der Waals surface area contributed by atoms with E-state index in [0.29, 0.717) is 15.6 Å². The van der Waals surface area contributed by atoms with Crippen molar-refractivity contribution in [2.45, 2.75) is 64.8 Å². The van der Waals surface area contributed by atoms with Crippen LogP contribution in [0.2, 0.25) is 0 Å². The maximum absolute atomic E-state index is 13.1. The number of thiocarbonyl (C=S) groups is 1. The summed E-state index contributed by atoms with van der Waals surface area (Å²) in [6, 6.07) is 3.44. The van der Waals surface area contributed by atoms with Crippen molar-refractivity contribution in [2.75, 3.05) is 11.5 Å². The number of rotatable bonds is 2.